The molecule has 0 spiro atoms. The summed E-state index contributed by atoms with van der Waals surface area (Å²) in [5.41, 5.74) is 5.14. The van der Waals surface area contributed by atoms with E-state index in [2.05, 4.69) is 56.3 Å². The van der Waals surface area contributed by atoms with Crippen LogP contribution in [0.3, 0.4) is 0 Å². The average Bonchev–Trinajstić information content (AvgIpc) is 2.73. The Morgan fingerprint density at radius 1 is 0.889 bits per heavy atom. The molecule has 2 fully saturated rings. The van der Waals surface area contributed by atoms with Crippen molar-refractivity contribution in [3.8, 4) is 0 Å². The van der Waals surface area contributed by atoms with Gasteiger partial charge in [-0.15, -0.1) is 0 Å². The fraction of sp³-hybridized carbons (Fsp3) is 0.615. The number of aryl methyl sites for hydroxylation is 1. The lowest BCUT2D eigenvalue weighted by molar-refractivity contribution is 0.480. The molecule has 0 aliphatic heterocycles. The van der Waals surface area contributed by atoms with E-state index in [9.17, 15) is 1.37 Å². The van der Waals surface area contributed by atoms with Gasteiger partial charge in [0.1, 0.15) is 0 Å². The third-order valence-electron chi connectivity index (χ3n) is 7.02. The van der Waals surface area contributed by atoms with Gasteiger partial charge in [-0.3, -0.25) is 0 Å². The van der Waals surface area contributed by atoms with Crippen molar-refractivity contribution in [2.75, 3.05) is 0 Å². The summed E-state index contributed by atoms with van der Waals surface area (Å²) in [5, 5.41) is 0. The van der Waals surface area contributed by atoms with Crippen LogP contribution in [0.1, 0.15) is 83.6 Å². The molecule has 0 saturated heterocycles. The van der Waals surface area contributed by atoms with Gasteiger partial charge in [-0.1, -0.05) is 95.9 Å². The SMILES string of the molecule is [2H]C1(P(C2CCCCC2)C2CCCCC2)C(c2ccccc2C)=CC=CC1C. The zero-order valence-corrected chi connectivity index (χ0v) is 18.2. The van der Waals surface area contributed by atoms with E-state index < -0.39 is 5.64 Å². The van der Waals surface area contributed by atoms with E-state index in [-0.39, 0.29) is 7.92 Å². The van der Waals surface area contributed by atoms with Gasteiger partial charge in [-0.25, -0.2) is 0 Å². The molecule has 0 bridgehead atoms. The molecule has 0 radical (unpaired) electrons. The molecule has 27 heavy (non-hydrogen) atoms. The predicted octanol–water partition coefficient (Wildman–Crippen LogP) is 8.10. The summed E-state index contributed by atoms with van der Waals surface area (Å²) in [6.45, 7) is 4.55. The van der Waals surface area contributed by atoms with Gasteiger partial charge >= 0.3 is 0 Å². The Labute approximate surface area is 169 Å². The molecule has 2 saturated carbocycles. The molecule has 0 nitrogen and oxygen atoms in total. The molecular formula is C26H37P. The van der Waals surface area contributed by atoms with Gasteiger partial charge in [0.05, 0.1) is 0 Å². The molecule has 0 heterocycles. The van der Waals surface area contributed by atoms with Gasteiger partial charge < -0.3 is 0 Å². The minimum atomic E-state index is -0.430. The second-order valence-electron chi connectivity index (χ2n) is 8.95. The molecule has 0 N–H and O–H groups in total. The Bertz CT molecular complexity index is 706. The maximum atomic E-state index is 10.2. The van der Waals surface area contributed by atoms with Crippen LogP contribution in [0.15, 0.2) is 42.5 Å². The van der Waals surface area contributed by atoms with Crippen LogP contribution in [0.5, 0.6) is 0 Å². The quantitative estimate of drug-likeness (QED) is 0.462. The number of hydrogen-bond acceptors (Lipinski definition) is 0. The van der Waals surface area contributed by atoms with Crippen LogP contribution < -0.4 is 0 Å². The molecule has 146 valence electrons. The highest BCUT2D eigenvalue weighted by molar-refractivity contribution is 7.60. The second kappa shape index (κ2) is 9.09. The smallest absolute Gasteiger partial charge is 0.0408 e. The Morgan fingerprint density at radius 2 is 1.48 bits per heavy atom. The van der Waals surface area contributed by atoms with Gasteiger partial charge in [0.25, 0.3) is 0 Å². The lowest BCUT2D eigenvalue weighted by Gasteiger charge is -2.46. The minimum Gasteiger partial charge on any atom is -0.0920 e. The molecule has 0 amide bonds. The van der Waals surface area contributed by atoms with Crippen LogP contribution in [0.25, 0.3) is 5.57 Å². The molecule has 3 aliphatic rings. The topological polar surface area (TPSA) is 0 Å². The van der Waals surface area contributed by atoms with Gasteiger partial charge in [0.15, 0.2) is 0 Å². The zero-order chi connectivity index (χ0) is 19.6. The van der Waals surface area contributed by atoms with Crippen molar-refractivity contribution in [2.45, 2.75) is 95.0 Å². The van der Waals surface area contributed by atoms with Gasteiger partial charge in [-0.2, -0.15) is 0 Å². The predicted molar refractivity (Wildman–Crippen MR) is 122 cm³/mol. The summed E-state index contributed by atoms with van der Waals surface area (Å²) in [4.78, 5) is 0. The number of benzene rings is 1. The van der Waals surface area contributed by atoms with Crippen molar-refractivity contribution in [1.29, 1.82) is 0 Å². The highest BCUT2D eigenvalue weighted by Gasteiger charge is 2.40. The van der Waals surface area contributed by atoms with E-state index in [0.29, 0.717) is 5.92 Å². The first-order valence-electron chi connectivity index (χ1n) is 11.9. The monoisotopic (exact) mass is 381 g/mol. The van der Waals surface area contributed by atoms with E-state index >= 15 is 0 Å². The molecule has 2 unspecified atom stereocenters. The van der Waals surface area contributed by atoms with Crippen molar-refractivity contribution >= 4 is 13.5 Å². The summed E-state index contributed by atoms with van der Waals surface area (Å²) in [6, 6.07) is 8.79. The van der Waals surface area contributed by atoms with E-state index in [4.69, 9.17) is 0 Å². The summed E-state index contributed by atoms with van der Waals surface area (Å²) in [6.07, 6.45) is 20.7. The molecule has 2 atom stereocenters. The third-order valence-corrected chi connectivity index (χ3v) is 10.8. The van der Waals surface area contributed by atoms with Gasteiger partial charge in [0.2, 0.25) is 0 Å². The third kappa shape index (κ3) is 4.27. The summed E-state index contributed by atoms with van der Waals surface area (Å²) in [5.74, 6) is 0.307. The Kier molecular flexibility index (Phi) is 6.12. The van der Waals surface area contributed by atoms with Crippen LogP contribution in [-0.4, -0.2) is 17.0 Å². The van der Waals surface area contributed by atoms with Crippen molar-refractivity contribution < 1.29 is 1.37 Å². The number of rotatable bonds is 4. The number of allylic oxidation sites excluding steroid dienone is 4. The van der Waals surface area contributed by atoms with Crippen LogP contribution in [0.2, 0.25) is 0 Å². The molecule has 3 aliphatic carbocycles. The minimum absolute atomic E-state index is 0.307. The maximum Gasteiger partial charge on any atom is 0.0408 e. The molecule has 1 aromatic rings. The van der Waals surface area contributed by atoms with Crippen molar-refractivity contribution in [3.05, 3.63) is 53.6 Å². The van der Waals surface area contributed by atoms with E-state index in [1.165, 1.54) is 80.9 Å². The van der Waals surface area contributed by atoms with E-state index in [1.807, 2.05) is 0 Å². The normalized spacial score (nSPS) is 31.0. The largest absolute Gasteiger partial charge is 0.0920 e. The van der Waals surface area contributed by atoms with Crippen molar-refractivity contribution in [1.82, 2.24) is 0 Å². The standard InChI is InChI=1S/C26H37P/c1-20-12-9-10-18-24(20)25-19-11-13-21(2)26(25)27(22-14-5-3-6-15-22)23-16-7-4-8-17-23/h9-13,18-19,21-23,26H,3-8,14-17H2,1-2H3/i26D. The second-order valence-corrected chi connectivity index (χ2v) is 11.7. The average molecular weight is 382 g/mol. The summed E-state index contributed by atoms with van der Waals surface area (Å²) >= 11 is 0. The highest BCUT2D eigenvalue weighted by atomic mass is 31.1. The molecule has 4 rings (SSSR count). The zero-order valence-electron chi connectivity index (χ0n) is 18.3. The van der Waals surface area contributed by atoms with Crippen molar-refractivity contribution in [2.24, 2.45) is 5.92 Å². The summed E-state index contributed by atoms with van der Waals surface area (Å²) < 4.78 is 10.2. The van der Waals surface area contributed by atoms with Gasteiger partial charge in [-0.05, 0) is 66.5 Å². The molecule has 0 aromatic heterocycles. The van der Waals surface area contributed by atoms with Crippen molar-refractivity contribution in [3.63, 3.8) is 0 Å². The molecular weight excluding hydrogens is 343 g/mol. The summed E-state index contributed by atoms with van der Waals surface area (Å²) in [7, 11) is -0.365. The van der Waals surface area contributed by atoms with E-state index in [1.54, 1.807) is 0 Å². The first kappa shape index (κ1) is 18.2. The first-order valence-corrected chi connectivity index (χ1v) is 12.8. The maximum absolute atomic E-state index is 10.2. The van der Waals surface area contributed by atoms with Crippen LogP contribution in [0, 0.1) is 12.8 Å². The molecule has 1 heteroatoms. The Balaban J connectivity index is 1.79. The fourth-order valence-corrected chi connectivity index (χ4v) is 9.88. The molecule has 1 aromatic carbocycles. The Morgan fingerprint density at radius 3 is 2.07 bits per heavy atom. The van der Waals surface area contributed by atoms with Crippen LogP contribution in [-0.2, 0) is 0 Å². The van der Waals surface area contributed by atoms with Gasteiger partial charge in [0, 0.05) is 7.01 Å². The van der Waals surface area contributed by atoms with Crippen LogP contribution >= 0.6 is 7.92 Å². The number of hydrogen-bond donors (Lipinski definition) is 0. The lowest BCUT2D eigenvalue weighted by Crippen LogP contribution is -2.31. The lowest BCUT2D eigenvalue weighted by atomic mass is 9.88. The van der Waals surface area contributed by atoms with Crippen LogP contribution in [0.4, 0.5) is 0 Å². The fourth-order valence-electron chi connectivity index (χ4n) is 5.63. The highest BCUT2D eigenvalue weighted by Crippen LogP contribution is 2.64. The Hall–Kier alpha value is -0.870. The first-order chi connectivity index (χ1) is 13.6. The van der Waals surface area contributed by atoms with E-state index in [0.717, 1.165) is 11.3 Å².